The summed E-state index contributed by atoms with van der Waals surface area (Å²) in [6, 6.07) is 5.91. The van der Waals surface area contributed by atoms with E-state index in [1.165, 1.54) is 23.5 Å². The molecule has 6 heteroatoms. The van der Waals surface area contributed by atoms with E-state index in [2.05, 4.69) is 4.72 Å². The van der Waals surface area contributed by atoms with E-state index in [9.17, 15) is 12.8 Å². The van der Waals surface area contributed by atoms with Crippen LogP contribution in [0.3, 0.4) is 0 Å². The van der Waals surface area contributed by atoms with E-state index in [0.29, 0.717) is 13.0 Å². The van der Waals surface area contributed by atoms with Crippen molar-refractivity contribution in [3.05, 3.63) is 35.6 Å². The van der Waals surface area contributed by atoms with Gasteiger partial charge in [-0.25, -0.2) is 4.39 Å². The summed E-state index contributed by atoms with van der Waals surface area (Å²) in [4.78, 5) is 0. The van der Waals surface area contributed by atoms with Crippen molar-refractivity contribution in [3.63, 3.8) is 0 Å². The van der Waals surface area contributed by atoms with Crippen LogP contribution in [0.1, 0.15) is 18.9 Å². The number of benzene rings is 1. The van der Waals surface area contributed by atoms with Gasteiger partial charge in [-0.05, 0) is 31.0 Å². The molecule has 1 aliphatic heterocycles. The number of hydrogen-bond donors (Lipinski definition) is 1. The summed E-state index contributed by atoms with van der Waals surface area (Å²) in [5, 5.41) is 0. The minimum absolute atomic E-state index is 0.326. The van der Waals surface area contributed by atoms with Gasteiger partial charge in [0, 0.05) is 13.6 Å². The Balaban J connectivity index is 2.35. The first-order valence-electron chi connectivity index (χ1n) is 5.35. The van der Waals surface area contributed by atoms with E-state index in [0.717, 1.165) is 5.56 Å². The quantitative estimate of drug-likeness (QED) is 0.823. The van der Waals surface area contributed by atoms with Crippen molar-refractivity contribution < 1.29 is 12.8 Å². The number of rotatable bonds is 1. The lowest BCUT2D eigenvalue weighted by Gasteiger charge is -2.38. The Morgan fingerprint density at radius 1 is 1.35 bits per heavy atom. The second-order valence-electron chi connectivity index (χ2n) is 4.52. The van der Waals surface area contributed by atoms with Crippen LogP contribution >= 0.6 is 0 Å². The molecule has 1 aromatic rings. The van der Waals surface area contributed by atoms with Crippen LogP contribution in [0.15, 0.2) is 24.3 Å². The van der Waals surface area contributed by atoms with Crippen LogP contribution in [0.5, 0.6) is 0 Å². The standard InChI is InChI=1S/C11H15FN2O2S/c1-11(9-3-5-10(12)6-4-9)7-8-14(2)17(15,16)13-11/h3-6,13H,7-8H2,1-2H3/t11-/m1/s1. The largest absolute Gasteiger partial charge is 0.280 e. The summed E-state index contributed by atoms with van der Waals surface area (Å²) in [7, 11) is -1.90. The van der Waals surface area contributed by atoms with Crippen LogP contribution in [0.2, 0.25) is 0 Å². The molecule has 0 unspecified atom stereocenters. The lowest BCUT2D eigenvalue weighted by molar-refractivity contribution is 0.302. The zero-order chi connectivity index (χ0) is 12.7. The van der Waals surface area contributed by atoms with Gasteiger partial charge >= 0.3 is 0 Å². The van der Waals surface area contributed by atoms with Crippen molar-refractivity contribution in [1.29, 1.82) is 0 Å². The second kappa shape index (κ2) is 4.04. The Hall–Kier alpha value is -0.980. The monoisotopic (exact) mass is 258 g/mol. The fourth-order valence-electron chi connectivity index (χ4n) is 1.94. The van der Waals surface area contributed by atoms with Crippen LogP contribution in [-0.4, -0.2) is 26.3 Å². The molecule has 1 N–H and O–H groups in total. The Kier molecular flexibility index (Phi) is 2.97. The van der Waals surface area contributed by atoms with E-state index in [4.69, 9.17) is 0 Å². The van der Waals surface area contributed by atoms with E-state index >= 15 is 0 Å². The highest BCUT2D eigenvalue weighted by atomic mass is 32.2. The summed E-state index contributed by atoms with van der Waals surface area (Å²) in [5.41, 5.74) is 0.106. The lowest BCUT2D eigenvalue weighted by Crippen LogP contribution is -2.55. The highest BCUT2D eigenvalue weighted by molar-refractivity contribution is 7.87. The van der Waals surface area contributed by atoms with Gasteiger partial charge in [0.25, 0.3) is 10.2 Å². The fraction of sp³-hybridized carbons (Fsp3) is 0.455. The molecule has 2 rings (SSSR count). The Morgan fingerprint density at radius 2 is 1.94 bits per heavy atom. The van der Waals surface area contributed by atoms with Gasteiger partial charge in [-0.1, -0.05) is 12.1 Å². The maximum Gasteiger partial charge on any atom is 0.280 e. The van der Waals surface area contributed by atoms with E-state index in [1.54, 1.807) is 12.1 Å². The molecular weight excluding hydrogens is 243 g/mol. The fourth-order valence-corrected chi connectivity index (χ4v) is 3.21. The third kappa shape index (κ3) is 2.34. The van der Waals surface area contributed by atoms with Gasteiger partial charge in [0.2, 0.25) is 0 Å². The maximum absolute atomic E-state index is 12.8. The second-order valence-corrected chi connectivity index (χ2v) is 6.30. The minimum atomic E-state index is -3.44. The molecule has 1 atom stereocenters. The lowest BCUT2D eigenvalue weighted by atomic mass is 9.90. The molecule has 1 heterocycles. The molecule has 0 saturated carbocycles. The van der Waals surface area contributed by atoms with Gasteiger partial charge < -0.3 is 0 Å². The first-order valence-corrected chi connectivity index (χ1v) is 6.79. The number of nitrogens with one attached hydrogen (secondary N) is 1. The third-order valence-electron chi connectivity index (χ3n) is 3.17. The average Bonchev–Trinajstić information content (AvgIpc) is 2.24. The molecule has 0 aromatic heterocycles. The molecule has 0 spiro atoms. The van der Waals surface area contributed by atoms with Crippen molar-refractivity contribution in [2.24, 2.45) is 0 Å². The highest BCUT2D eigenvalue weighted by Gasteiger charge is 2.38. The number of hydrogen-bond acceptors (Lipinski definition) is 2. The molecule has 1 aliphatic rings. The van der Waals surface area contributed by atoms with Crippen molar-refractivity contribution >= 4 is 10.2 Å². The van der Waals surface area contributed by atoms with Crippen LogP contribution in [0.25, 0.3) is 0 Å². The van der Waals surface area contributed by atoms with Crippen LogP contribution in [0, 0.1) is 5.82 Å². The van der Waals surface area contributed by atoms with Crippen LogP contribution < -0.4 is 4.72 Å². The van der Waals surface area contributed by atoms with Gasteiger partial charge in [0.1, 0.15) is 5.82 Å². The normalized spacial score (nSPS) is 29.1. The molecule has 0 amide bonds. The smallest absolute Gasteiger partial charge is 0.207 e. The van der Waals surface area contributed by atoms with E-state index in [-0.39, 0.29) is 5.82 Å². The molecule has 1 fully saturated rings. The molecule has 94 valence electrons. The van der Waals surface area contributed by atoms with Gasteiger partial charge in [-0.15, -0.1) is 0 Å². The first-order chi connectivity index (χ1) is 7.83. The minimum Gasteiger partial charge on any atom is -0.207 e. The van der Waals surface area contributed by atoms with Gasteiger partial charge in [0.05, 0.1) is 5.54 Å². The highest BCUT2D eigenvalue weighted by Crippen LogP contribution is 2.29. The molecule has 1 saturated heterocycles. The van der Waals surface area contributed by atoms with Crippen molar-refractivity contribution in [2.75, 3.05) is 13.6 Å². The number of halogens is 1. The van der Waals surface area contributed by atoms with Crippen molar-refractivity contribution in [2.45, 2.75) is 18.9 Å². The SMILES string of the molecule is CN1CC[C@](C)(c2ccc(F)cc2)NS1(=O)=O. The summed E-state index contributed by atoms with van der Waals surface area (Å²) in [6.07, 6.45) is 0.647. The van der Waals surface area contributed by atoms with Crippen LogP contribution in [0.4, 0.5) is 4.39 Å². The van der Waals surface area contributed by atoms with E-state index in [1.807, 2.05) is 6.92 Å². The summed E-state index contributed by atoms with van der Waals surface area (Å²) >= 11 is 0. The number of nitrogens with zero attached hydrogens (tertiary/aromatic N) is 1. The molecular formula is C11H15FN2O2S. The summed E-state index contributed by atoms with van der Waals surface area (Å²) < 4.78 is 40.3. The van der Waals surface area contributed by atoms with Gasteiger partial charge in [-0.3, -0.25) is 0 Å². The Bertz CT molecular complexity index is 515. The summed E-state index contributed by atoms with van der Waals surface area (Å²) in [6.45, 7) is 2.26. The molecule has 1 aromatic carbocycles. The molecule has 0 bridgehead atoms. The van der Waals surface area contributed by atoms with Crippen molar-refractivity contribution in [1.82, 2.24) is 9.03 Å². The predicted molar refractivity (Wildman–Crippen MR) is 63.1 cm³/mol. The molecule has 0 aliphatic carbocycles. The average molecular weight is 258 g/mol. The van der Waals surface area contributed by atoms with E-state index < -0.39 is 15.7 Å². The van der Waals surface area contributed by atoms with Crippen LogP contribution in [-0.2, 0) is 15.7 Å². The van der Waals surface area contributed by atoms with Crippen molar-refractivity contribution in [3.8, 4) is 0 Å². The topological polar surface area (TPSA) is 49.4 Å². The zero-order valence-corrected chi connectivity index (χ0v) is 10.6. The van der Waals surface area contributed by atoms with Gasteiger partial charge in [-0.2, -0.15) is 17.4 Å². The molecule has 17 heavy (non-hydrogen) atoms. The Labute approximate surface area is 101 Å². The third-order valence-corrected chi connectivity index (χ3v) is 4.88. The maximum atomic E-state index is 12.8. The summed E-state index contributed by atoms with van der Waals surface area (Å²) in [5.74, 6) is -0.326. The molecule has 4 nitrogen and oxygen atoms in total. The van der Waals surface area contributed by atoms with Gasteiger partial charge in [0.15, 0.2) is 0 Å². The predicted octanol–water partition coefficient (Wildman–Crippen LogP) is 1.21. The zero-order valence-electron chi connectivity index (χ0n) is 9.77. The molecule has 0 radical (unpaired) electrons. The Morgan fingerprint density at radius 3 is 2.47 bits per heavy atom. The first kappa shape index (κ1) is 12.5.